The molecule has 0 spiro atoms. The lowest BCUT2D eigenvalue weighted by Gasteiger charge is -2.24. The SMILES string of the molecule is CC1(C)c2cc(-c3ccc(-c4cccnc4)nc3)ccc2-c2cc3c(cc21)-c1ccc(-c2cccc(-c4cccnc4)n2)cc1C3(C)C. The van der Waals surface area contributed by atoms with Crippen molar-refractivity contribution in [1.29, 1.82) is 0 Å². The predicted octanol–water partition coefficient (Wildman–Crippen LogP) is 10.5. The van der Waals surface area contributed by atoms with Crippen molar-refractivity contribution >= 4 is 0 Å². The third-order valence-electron chi connectivity index (χ3n) is 10.5. The molecule has 2 aliphatic rings. The Morgan fingerprint density at radius 1 is 0.396 bits per heavy atom. The predicted molar refractivity (Wildman–Crippen MR) is 194 cm³/mol. The highest BCUT2D eigenvalue weighted by molar-refractivity contribution is 5.91. The molecule has 230 valence electrons. The lowest BCUT2D eigenvalue weighted by molar-refractivity contribution is 0.652. The first-order chi connectivity index (χ1) is 23.3. The van der Waals surface area contributed by atoms with E-state index in [9.17, 15) is 0 Å². The van der Waals surface area contributed by atoms with E-state index in [4.69, 9.17) is 9.97 Å². The van der Waals surface area contributed by atoms with Gasteiger partial charge in [0.25, 0.3) is 0 Å². The molecule has 4 nitrogen and oxygen atoms in total. The molecule has 3 aromatic carbocycles. The Bertz CT molecular complexity index is 2370. The number of hydrogen-bond donors (Lipinski definition) is 0. The summed E-state index contributed by atoms with van der Waals surface area (Å²) in [4.78, 5) is 18.3. The molecule has 4 heterocycles. The molecule has 0 saturated heterocycles. The Morgan fingerprint density at radius 3 is 1.48 bits per heavy atom. The van der Waals surface area contributed by atoms with Gasteiger partial charge in [0.1, 0.15) is 0 Å². The quantitative estimate of drug-likeness (QED) is 0.197. The number of pyridine rings is 4. The number of rotatable bonds is 4. The molecule has 0 radical (unpaired) electrons. The van der Waals surface area contributed by atoms with Crippen molar-refractivity contribution in [3.05, 3.63) is 156 Å². The van der Waals surface area contributed by atoms with Crippen LogP contribution in [0.2, 0.25) is 0 Å². The highest BCUT2D eigenvalue weighted by Gasteiger charge is 2.41. The van der Waals surface area contributed by atoms with Crippen LogP contribution in [0.15, 0.2) is 134 Å². The van der Waals surface area contributed by atoms with E-state index in [1.165, 1.54) is 50.1 Å². The molecule has 0 saturated carbocycles. The average molecular weight is 619 g/mol. The van der Waals surface area contributed by atoms with Crippen molar-refractivity contribution in [1.82, 2.24) is 19.9 Å². The van der Waals surface area contributed by atoms with Crippen LogP contribution in [0.4, 0.5) is 0 Å². The van der Waals surface area contributed by atoms with E-state index in [0.717, 1.165) is 39.3 Å². The van der Waals surface area contributed by atoms with Gasteiger partial charge in [-0.2, -0.15) is 0 Å². The summed E-state index contributed by atoms with van der Waals surface area (Å²) in [6.07, 6.45) is 9.28. The maximum Gasteiger partial charge on any atom is 0.0725 e. The zero-order chi connectivity index (χ0) is 32.6. The highest BCUT2D eigenvalue weighted by Crippen LogP contribution is 2.56. The molecule has 4 aromatic heterocycles. The van der Waals surface area contributed by atoms with Gasteiger partial charge >= 0.3 is 0 Å². The van der Waals surface area contributed by atoms with Gasteiger partial charge in [0.2, 0.25) is 0 Å². The summed E-state index contributed by atoms with van der Waals surface area (Å²) in [5.41, 5.74) is 18.8. The third kappa shape index (κ3) is 4.29. The van der Waals surface area contributed by atoms with Crippen LogP contribution < -0.4 is 0 Å². The molecule has 0 bridgehead atoms. The summed E-state index contributed by atoms with van der Waals surface area (Å²) in [5, 5.41) is 0. The van der Waals surface area contributed by atoms with Gasteiger partial charge in [0.15, 0.2) is 0 Å². The zero-order valence-corrected chi connectivity index (χ0v) is 27.5. The molecule has 9 rings (SSSR count). The number of benzene rings is 3. The van der Waals surface area contributed by atoms with E-state index in [2.05, 4.69) is 117 Å². The maximum absolute atomic E-state index is 5.03. The van der Waals surface area contributed by atoms with Gasteiger partial charge < -0.3 is 0 Å². The Balaban J connectivity index is 1.08. The van der Waals surface area contributed by atoms with Gasteiger partial charge in [-0.15, -0.1) is 0 Å². The van der Waals surface area contributed by atoms with Crippen molar-refractivity contribution in [2.45, 2.75) is 38.5 Å². The van der Waals surface area contributed by atoms with E-state index in [0.29, 0.717) is 0 Å². The van der Waals surface area contributed by atoms with E-state index in [1.807, 2.05) is 42.9 Å². The monoisotopic (exact) mass is 618 g/mol. The Hall–Kier alpha value is -5.74. The van der Waals surface area contributed by atoms with Crippen LogP contribution in [0.3, 0.4) is 0 Å². The van der Waals surface area contributed by atoms with Crippen molar-refractivity contribution in [3.8, 4) is 67.2 Å². The van der Waals surface area contributed by atoms with Crippen molar-refractivity contribution in [2.24, 2.45) is 0 Å². The fourth-order valence-corrected chi connectivity index (χ4v) is 7.82. The van der Waals surface area contributed by atoms with Gasteiger partial charge in [-0.3, -0.25) is 15.0 Å². The van der Waals surface area contributed by atoms with E-state index in [-0.39, 0.29) is 10.8 Å². The van der Waals surface area contributed by atoms with Gasteiger partial charge in [-0.05, 0) is 117 Å². The second kappa shape index (κ2) is 10.4. The molecular weight excluding hydrogens is 585 g/mol. The van der Waals surface area contributed by atoms with Crippen LogP contribution in [0.25, 0.3) is 67.2 Å². The van der Waals surface area contributed by atoms with Gasteiger partial charge in [0.05, 0.1) is 17.1 Å². The molecule has 4 heteroatoms. The molecule has 0 aliphatic heterocycles. The van der Waals surface area contributed by atoms with Gasteiger partial charge in [-0.25, -0.2) is 4.98 Å². The van der Waals surface area contributed by atoms with Gasteiger partial charge in [0, 0.05) is 64.1 Å². The summed E-state index contributed by atoms with van der Waals surface area (Å²) < 4.78 is 0. The molecule has 0 N–H and O–H groups in total. The maximum atomic E-state index is 5.03. The highest BCUT2D eigenvalue weighted by atomic mass is 14.7. The standard InChI is InChI=1S/C44H34N4/c1-43(2)36-20-27(29-14-17-40(47-26-29)30-8-6-18-45-24-30)12-15-32(36)34-22-39-35(23-38(34)43)33-16-13-28(21-37(33)44(39,3)4)41-10-5-11-42(48-41)31-9-7-19-46-25-31/h5-26H,1-4H3. The van der Waals surface area contributed by atoms with Crippen molar-refractivity contribution in [3.63, 3.8) is 0 Å². The summed E-state index contributed by atoms with van der Waals surface area (Å²) in [7, 11) is 0. The first-order valence-electron chi connectivity index (χ1n) is 16.5. The summed E-state index contributed by atoms with van der Waals surface area (Å²) in [6, 6.07) is 37.3. The molecule has 2 aliphatic carbocycles. The smallest absolute Gasteiger partial charge is 0.0725 e. The third-order valence-corrected chi connectivity index (χ3v) is 10.5. The molecule has 0 fully saturated rings. The Morgan fingerprint density at radius 2 is 0.917 bits per heavy atom. The molecule has 7 aromatic rings. The summed E-state index contributed by atoms with van der Waals surface area (Å²) in [5.74, 6) is 0. The molecule has 0 unspecified atom stereocenters. The molecule has 0 atom stereocenters. The van der Waals surface area contributed by atoms with Crippen LogP contribution in [0.5, 0.6) is 0 Å². The van der Waals surface area contributed by atoms with Crippen LogP contribution in [0.1, 0.15) is 49.9 Å². The minimum absolute atomic E-state index is 0.137. The first kappa shape index (κ1) is 28.5. The van der Waals surface area contributed by atoms with E-state index in [1.54, 1.807) is 12.4 Å². The molecule has 0 amide bonds. The number of fused-ring (bicyclic) bond motifs is 6. The molecular formula is C44H34N4. The largest absolute Gasteiger partial charge is 0.264 e. The second-order valence-electron chi connectivity index (χ2n) is 14.0. The topological polar surface area (TPSA) is 51.6 Å². The van der Waals surface area contributed by atoms with Gasteiger partial charge in [-0.1, -0.05) is 64.1 Å². The number of aromatic nitrogens is 4. The molecule has 48 heavy (non-hydrogen) atoms. The van der Waals surface area contributed by atoms with Crippen molar-refractivity contribution in [2.75, 3.05) is 0 Å². The average Bonchev–Trinajstić information content (AvgIpc) is 3.50. The lowest BCUT2D eigenvalue weighted by atomic mass is 9.79. The number of nitrogens with zero attached hydrogens (tertiary/aromatic N) is 4. The van der Waals surface area contributed by atoms with Crippen LogP contribution in [-0.2, 0) is 10.8 Å². The van der Waals surface area contributed by atoms with Crippen LogP contribution in [-0.4, -0.2) is 19.9 Å². The van der Waals surface area contributed by atoms with Crippen molar-refractivity contribution < 1.29 is 0 Å². The van der Waals surface area contributed by atoms with Crippen LogP contribution in [0, 0.1) is 0 Å². The minimum atomic E-state index is -0.148. The normalized spacial score (nSPS) is 14.6. The summed E-state index contributed by atoms with van der Waals surface area (Å²) >= 11 is 0. The zero-order valence-electron chi connectivity index (χ0n) is 27.5. The minimum Gasteiger partial charge on any atom is -0.264 e. The Kier molecular flexibility index (Phi) is 6.16. The fraction of sp³-hybridized carbons (Fsp3) is 0.136. The number of hydrogen-bond acceptors (Lipinski definition) is 4. The summed E-state index contributed by atoms with van der Waals surface area (Å²) in [6.45, 7) is 9.45. The fourth-order valence-electron chi connectivity index (χ4n) is 7.82. The van der Waals surface area contributed by atoms with E-state index < -0.39 is 0 Å². The van der Waals surface area contributed by atoms with E-state index >= 15 is 0 Å². The Labute approximate surface area is 281 Å². The first-order valence-corrected chi connectivity index (χ1v) is 16.5. The lowest BCUT2D eigenvalue weighted by Crippen LogP contribution is -2.17. The second-order valence-corrected chi connectivity index (χ2v) is 14.0. The van der Waals surface area contributed by atoms with Crippen LogP contribution >= 0.6 is 0 Å².